The summed E-state index contributed by atoms with van der Waals surface area (Å²) in [4.78, 5) is 8.68. The van der Waals surface area contributed by atoms with Gasteiger partial charge in [-0.15, -0.1) is 28.3 Å². The van der Waals surface area contributed by atoms with E-state index in [1.54, 1.807) is 23.7 Å². The van der Waals surface area contributed by atoms with Gasteiger partial charge in [-0.3, -0.25) is 4.98 Å². The van der Waals surface area contributed by atoms with Crippen molar-refractivity contribution in [2.24, 2.45) is 0 Å². The molecule has 4 rings (SSSR count). The summed E-state index contributed by atoms with van der Waals surface area (Å²) < 4.78 is 0. The molecule has 0 saturated heterocycles. The fraction of sp³-hybridized carbons (Fsp3) is 0. The Kier molecular flexibility index (Phi) is 5.58. The molecule has 0 saturated carbocycles. The van der Waals surface area contributed by atoms with Crippen molar-refractivity contribution in [3.8, 4) is 22.4 Å². The zero-order chi connectivity index (χ0) is 16.2. The van der Waals surface area contributed by atoms with Gasteiger partial charge in [-0.1, -0.05) is 54.6 Å². The van der Waals surface area contributed by atoms with E-state index in [2.05, 4.69) is 69.2 Å². The summed E-state index contributed by atoms with van der Waals surface area (Å²) in [5.41, 5.74) is 5.53. The van der Waals surface area contributed by atoms with Gasteiger partial charge < -0.3 is 5.32 Å². The molecular formula is C20H16BrN3S. The molecule has 2 aromatic heterocycles. The molecule has 0 aliphatic rings. The van der Waals surface area contributed by atoms with E-state index >= 15 is 0 Å². The van der Waals surface area contributed by atoms with Gasteiger partial charge in [0.2, 0.25) is 0 Å². The molecule has 25 heavy (non-hydrogen) atoms. The Labute approximate surface area is 161 Å². The van der Waals surface area contributed by atoms with Gasteiger partial charge in [-0.2, -0.15) is 0 Å². The van der Waals surface area contributed by atoms with Crippen LogP contribution in [0.1, 0.15) is 0 Å². The summed E-state index contributed by atoms with van der Waals surface area (Å²) in [6, 6.07) is 22.8. The van der Waals surface area contributed by atoms with Gasteiger partial charge in [0.05, 0.1) is 5.69 Å². The fourth-order valence-corrected chi connectivity index (χ4v) is 3.23. The molecule has 0 spiro atoms. The van der Waals surface area contributed by atoms with E-state index in [0.29, 0.717) is 0 Å². The second-order valence-electron chi connectivity index (χ2n) is 5.34. The molecule has 0 radical (unpaired) electrons. The van der Waals surface area contributed by atoms with Crippen LogP contribution in [-0.2, 0) is 0 Å². The van der Waals surface area contributed by atoms with Crippen LogP contribution in [0.15, 0.2) is 84.5 Å². The number of anilines is 2. The number of nitrogens with one attached hydrogen (secondary N) is 1. The van der Waals surface area contributed by atoms with Crippen LogP contribution < -0.4 is 5.32 Å². The van der Waals surface area contributed by atoms with Crippen molar-refractivity contribution in [3.05, 3.63) is 84.5 Å². The molecule has 2 heterocycles. The maximum absolute atomic E-state index is 4.67. The highest BCUT2D eigenvalue weighted by atomic mass is 79.9. The lowest BCUT2D eigenvalue weighted by Gasteiger charge is -2.03. The monoisotopic (exact) mass is 409 g/mol. The van der Waals surface area contributed by atoms with Crippen LogP contribution in [0.3, 0.4) is 0 Å². The second-order valence-corrected chi connectivity index (χ2v) is 6.20. The van der Waals surface area contributed by atoms with Crippen LogP contribution in [0.2, 0.25) is 0 Å². The topological polar surface area (TPSA) is 37.8 Å². The molecule has 0 atom stereocenters. The van der Waals surface area contributed by atoms with Crippen LogP contribution in [-0.4, -0.2) is 9.97 Å². The van der Waals surface area contributed by atoms with Gasteiger partial charge in [-0.25, -0.2) is 4.98 Å². The Morgan fingerprint density at radius 3 is 2.08 bits per heavy atom. The van der Waals surface area contributed by atoms with Crippen molar-refractivity contribution in [1.82, 2.24) is 9.97 Å². The van der Waals surface area contributed by atoms with E-state index < -0.39 is 0 Å². The number of hydrogen-bond donors (Lipinski definition) is 1. The van der Waals surface area contributed by atoms with Gasteiger partial charge in [0, 0.05) is 29.0 Å². The van der Waals surface area contributed by atoms with Crippen LogP contribution in [0.5, 0.6) is 0 Å². The minimum atomic E-state index is 0. The van der Waals surface area contributed by atoms with Crippen LogP contribution in [0, 0.1) is 0 Å². The summed E-state index contributed by atoms with van der Waals surface area (Å²) in [5, 5.41) is 6.25. The molecule has 0 unspecified atom stereocenters. The maximum Gasteiger partial charge on any atom is 0.187 e. The molecule has 5 heteroatoms. The number of benzene rings is 2. The quantitative estimate of drug-likeness (QED) is 0.436. The van der Waals surface area contributed by atoms with Crippen LogP contribution in [0.25, 0.3) is 22.4 Å². The number of pyridine rings is 1. The molecule has 1 N–H and O–H groups in total. The summed E-state index contributed by atoms with van der Waals surface area (Å²) in [5.74, 6) is 0. The Morgan fingerprint density at radius 2 is 1.36 bits per heavy atom. The first-order valence-electron chi connectivity index (χ1n) is 7.67. The summed E-state index contributed by atoms with van der Waals surface area (Å²) in [7, 11) is 0. The van der Waals surface area contributed by atoms with Crippen LogP contribution in [0.4, 0.5) is 10.8 Å². The van der Waals surface area contributed by atoms with Gasteiger partial charge >= 0.3 is 0 Å². The van der Waals surface area contributed by atoms with Crippen molar-refractivity contribution in [2.75, 3.05) is 5.32 Å². The molecule has 0 fully saturated rings. The predicted octanol–water partition coefficient (Wildman–Crippen LogP) is 6.19. The molecular weight excluding hydrogens is 394 g/mol. The van der Waals surface area contributed by atoms with E-state index in [9.17, 15) is 0 Å². The Bertz CT molecular complexity index is 922. The van der Waals surface area contributed by atoms with E-state index in [0.717, 1.165) is 22.1 Å². The van der Waals surface area contributed by atoms with Gasteiger partial charge in [-0.05, 0) is 23.3 Å². The van der Waals surface area contributed by atoms with E-state index in [1.807, 2.05) is 18.2 Å². The third-order valence-electron chi connectivity index (χ3n) is 3.72. The molecule has 4 aromatic rings. The smallest absolute Gasteiger partial charge is 0.187 e. The van der Waals surface area contributed by atoms with Gasteiger partial charge in [0.1, 0.15) is 0 Å². The molecule has 3 nitrogen and oxygen atoms in total. The standard InChI is InChI=1S/C20H15N3S.BrH/c1-2-4-15(5-3-1)16-6-8-17(9-7-16)19-14-24-20(23-19)22-18-10-12-21-13-11-18;/h1-14H,(H,21,22,23);1H. The zero-order valence-electron chi connectivity index (χ0n) is 13.3. The molecule has 2 aromatic carbocycles. The average Bonchev–Trinajstić information content (AvgIpc) is 3.12. The molecule has 0 bridgehead atoms. The average molecular weight is 410 g/mol. The van der Waals surface area contributed by atoms with Crippen molar-refractivity contribution < 1.29 is 0 Å². The van der Waals surface area contributed by atoms with E-state index in [4.69, 9.17) is 0 Å². The lowest BCUT2D eigenvalue weighted by atomic mass is 10.0. The highest BCUT2D eigenvalue weighted by Crippen LogP contribution is 2.28. The van der Waals surface area contributed by atoms with Gasteiger partial charge in [0.15, 0.2) is 5.13 Å². The molecule has 0 aliphatic heterocycles. The SMILES string of the molecule is Br.c1ccc(-c2ccc(-c3csc(Nc4ccncc4)n3)cc2)cc1. The Balaban J connectivity index is 0.00000182. The van der Waals surface area contributed by atoms with Crippen molar-refractivity contribution in [2.45, 2.75) is 0 Å². The second kappa shape index (κ2) is 8.05. The normalized spacial score (nSPS) is 10.1. The lowest BCUT2D eigenvalue weighted by molar-refractivity contribution is 1.31. The number of nitrogens with zero attached hydrogens (tertiary/aromatic N) is 2. The summed E-state index contributed by atoms with van der Waals surface area (Å²) in [6.45, 7) is 0. The number of hydrogen-bond acceptors (Lipinski definition) is 4. The van der Waals surface area contributed by atoms with E-state index in [1.165, 1.54) is 11.1 Å². The number of thiazole rings is 1. The Morgan fingerprint density at radius 1 is 0.720 bits per heavy atom. The minimum absolute atomic E-state index is 0. The largest absolute Gasteiger partial charge is 0.331 e. The predicted molar refractivity (Wildman–Crippen MR) is 111 cm³/mol. The third-order valence-corrected chi connectivity index (χ3v) is 4.48. The first kappa shape index (κ1) is 17.3. The minimum Gasteiger partial charge on any atom is -0.331 e. The first-order chi connectivity index (χ1) is 11.9. The van der Waals surface area contributed by atoms with Crippen LogP contribution >= 0.6 is 28.3 Å². The zero-order valence-corrected chi connectivity index (χ0v) is 15.8. The van der Waals surface area contributed by atoms with Gasteiger partial charge in [0.25, 0.3) is 0 Å². The third kappa shape index (κ3) is 4.13. The van der Waals surface area contributed by atoms with Crippen molar-refractivity contribution in [1.29, 1.82) is 0 Å². The molecule has 124 valence electrons. The number of rotatable bonds is 4. The Hall–Kier alpha value is -2.50. The van der Waals surface area contributed by atoms with E-state index in [-0.39, 0.29) is 17.0 Å². The van der Waals surface area contributed by atoms with Crippen molar-refractivity contribution in [3.63, 3.8) is 0 Å². The summed E-state index contributed by atoms with van der Waals surface area (Å²) >= 11 is 1.60. The fourth-order valence-electron chi connectivity index (χ4n) is 2.49. The van der Waals surface area contributed by atoms with Crippen molar-refractivity contribution >= 4 is 39.1 Å². The summed E-state index contributed by atoms with van der Waals surface area (Å²) in [6.07, 6.45) is 3.53. The number of aromatic nitrogens is 2. The highest BCUT2D eigenvalue weighted by molar-refractivity contribution is 8.93. The molecule has 0 amide bonds. The number of halogens is 1. The highest BCUT2D eigenvalue weighted by Gasteiger charge is 2.05. The molecule has 0 aliphatic carbocycles. The first-order valence-corrected chi connectivity index (χ1v) is 8.55. The lowest BCUT2D eigenvalue weighted by Crippen LogP contribution is -1.89. The maximum atomic E-state index is 4.67.